The van der Waals surface area contributed by atoms with Crippen LogP contribution < -0.4 is 10.5 Å². The standard InChI is InChI=1S/C12H15Br2NO3/c1-18-7-4-6(8(13)9(14)12(7)17)10(15)11(16)5-2-3-5/h4-5,10-11,16-17H,2-3,15H2,1H3/t10-,11+/m0/s1. The fraction of sp³-hybridized carbons (Fsp3) is 0.500. The number of ether oxygens (including phenoxy) is 1. The van der Waals surface area contributed by atoms with E-state index in [2.05, 4.69) is 31.9 Å². The number of rotatable bonds is 4. The molecule has 0 heterocycles. The van der Waals surface area contributed by atoms with Crippen LogP contribution in [0, 0.1) is 5.92 Å². The Hall–Kier alpha value is -0.300. The van der Waals surface area contributed by atoms with Gasteiger partial charge in [-0.25, -0.2) is 0 Å². The molecule has 0 radical (unpaired) electrons. The summed E-state index contributed by atoms with van der Waals surface area (Å²) in [5.74, 6) is 0.630. The predicted molar refractivity (Wildman–Crippen MR) is 75.7 cm³/mol. The van der Waals surface area contributed by atoms with Gasteiger partial charge < -0.3 is 20.7 Å². The molecule has 0 spiro atoms. The summed E-state index contributed by atoms with van der Waals surface area (Å²) in [6, 6.07) is 1.15. The van der Waals surface area contributed by atoms with Crippen molar-refractivity contribution in [2.24, 2.45) is 11.7 Å². The zero-order valence-corrected chi connectivity index (χ0v) is 13.0. The maximum absolute atomic E-state index is 10.1. The number of aliphatic hydroxyl groups excluding tert-OH is 1. The van der Waals surface area contributed by atoms with Gasteiger partial charge >= 0.3 is 0 Å². The highest BCUT2D eigenvalue weighted by molar-refractivity contribution is 9.13. The molecule has 0 amide bonds. The molecule has 1 fully saturated rings. The van der Waals surface area contributed by atoms with Crippen molar-refractivity contribution < 1.29 is 14.9 Å². The Labute approximate surface area is 122 Å². The van der Waals surface area contributed by atoms with Crippen LogP contribution in [0.25, 0.3) is 0 Å². The molecule has 2 rings (SSSR count). The summed E-state index contributed by atoms with van der Waals surface area (Å²) >= 11 is 6.66. The van der Waals surface area contributed by atoms with E-state index in [9.17, 15) is 10.2 Å². The number of nitrogens with two attached hydrogens (primary N) is 1. The Bertz CT molecular complexity index is 463. The van der Waals surface area contributed by atoms with Gasteiger partial charge in [-0.15, -0.1) is 0 Å². The average molecular weight is 381 g/mol. The third kappa shape index (κ3) is 2.52. The molecule has 6 heteroatoms. The highest BCUT2D eigenvalue weighted by Gasteiger charge is 2.35. The van der Waals surface area contributed by atoms with E-state index in [1.807, 2.05) is 0 Å². The van der Waals surface area contributed by atoms with Gasteiger partial charge in [0.1, 0.15) is 0 Å². The van der Waals surface area contributed by atoms with Gasteiger partial charge in [-0.1, -0.05) is 0 Å². The number of hydrogen-bond acceptors (Lipinski definition) is 4. The summed E-state index contributed by atoms with van der Waals surface area (Å²) in [7, 11) is 1.47. The van der Waals surface area contributed by atoms with Crippen molar-refractivity contribution in [1.29, 1.82) is 0 Å². The summed E-state index contributed by atoms with van der Waals surface area (Å²) in [5.41, 5.74) is 6.80. The van der Waals surface area contributed by atoms with Gasteiger partial charge in [-0.3, -0.25) is 0 Å². The zero-order valence-electron chi connectivity index (χ0n) is 9.86. The van der Waals surface area contributed by atoms with Crippen LogP contribution in [-0.2, 0) is 0 Å². The molecule has 0 bridgehead atoms. The fourth-order valence-corrected chi connectivity index (χ4v) is 2.92. The van der Waals surface area contributed by atoms with Crippen molar-refractivity contribution in [3.05, 3.63) is 20.6 Å². The number of hydrogen-bond donors (Lipinski definition) is 3. The number of phenolic OH excluding ortho intramolecular Hbond substituents is 1. The van der Waals surface area contributed by atoms with Crippen molar-refractivity contribution in [3.8, 4) is 11.5 Å². The molecule has 4 N–H and O–H groups in total. The smallest absolute Gasteiger partial charge is 0.173 e. The van der Waals surface area contributed by atoms with Crippen LogP contribution in [0.1, 0.15) is 24.4 Å². The lowest BCUT2D eigenvalue weighted by Gasteiger charge is -2.22. The monoisotopic (exact) mass is 379 g/mol. The molecule has 1 aliphatic rings. The van der Waals surface area contributed by atoms with E-state index in [-0.39, 0.29) is 11.7 Å². The molecular formula is C12H15Br2NO3. The van der Waals surface area contributed by atoms with Crippen LogP contribution in [0.15, 0.2) is 15.0 Å². The van der Waals surface area contributed by atoms with E-state index in [1.54, 1.807) is 6.07 Å². The second-order valence-corrected chi connectivity index (χ2v) is 6.08. The molecule has 4 nitrogen and oxygen atoms in total. The second-order valence-electron chi connectivity index (χ2n) is 4.50. The van der Waals surface area contributed by atoms with Crippen molar-refractivity contribution in [2.45, 2.75) is 25.0 Å². The number of aliphatic hydroxyl groups is 1. The van der Waals surface area contributed by atoms with E-state index in [1.165, 1.54) is 7.11 Å². The van der Waals surface area contributed by atoms with Gasteiger partial charge in [0.05, 0.1) is 23.7 Å². The van der Waals surface area contributed by atoms with Crippen LogP contribution in [0.5, 0.6) is 11.5 Å². The van der Waals surface area contributed by atoms with Gasteiger partial charge in [-0.05, 0) is 62.2 Å². The summed E-state index contributed by atoms with van der Waals surface area (Å²) in [4.78, 5) is 0. The Balaban J connectivity index is 2.39. The first-order valence-electron chi connectivity index (χ1n) is 5.65. The van der Waals surface area contributed by atoms with Crippen molar-refractivity contribution >= 4 is 31.9 Å². The lowest BCUT2D eigenvalue weighted by atomic mass is 9.98. The van der Waals surface area contributed by atoms with E-state index in [0.717, 1.165) is 18.4 Å². The minimum absolute atomic E-state index is 0.0150. The van der Waals surface area contributed by atoms with Crippen LogP contribution in [0.3, 0.4) is 0 Å². The van der Waals surface area contributed by atoms with E-state index >= 15 is 0 Å². The summed E-state index contributed by atoms with van der Waals surface area (Å²) in [6.45, 7) is 0. The summed E-state index contributed by atoms with van der Waals surface area (Å²) < 4.78 is 6.22. The van der Waals surface area contributed by atoms with Crippen molar-refractivity contribution in [3.63, 3.8) is 0 Å². The van der Waals surface area contributed by atoms with Gasteiger partial charge in [0.15, 0.2) is 11.5 Å². The van der Waals surface area contributed by atoms with Crippen molar-refractivity contribution in [1.82, 2.24) is 0 Å². The Morgan fingerprint density at radius 1 is 1.39 bits per heavy atom. The minimum Gasteiger partial charge on any atom is -0.503 e. The summed E-state index contributed by atoms with van der Waals surface area (Å²) in [6.07, 6.45) is 1.47. The molecule has 18 heavy (non-hydrogen) atoms. The Kier molecular flexibility index (Phi) is 4.21. The topological polar surface area (TPSA) is 75.7 Å². The molecule has 1 aromatic rings. The van der Waals surface area contributed by atoms with Gasteiger partial charge in [0.2, 0.25) is 0 Å². The Morgan fingerprint density at radius 3 is 2.50 bits per heavy atom. The van der Waals surface area contributed by atoms with Crippen LogP contribution in [0.4, 0.5) is 0 Å². The number of benzene rings is 1. The van der Waals surface area contributed by atoms with E-state index < -0.39 is 12.1 Å². The number of phenols is 1. The normalized spacial score (nSPS) is 18.5. The van der Waals surface area contributed by atoms with Gasteiger partial charge in [-0.2, -0.15) is 0 Å². The lowest BCUT2D eigenvalue weighted by Crippen LogP contribution is -2.28. The quantitative estimate of drug-likeness (QED) is 0.750. The SMILES string of the molecule is COc1cc([C@H](N)[C@H](O)C2CC2)c(Br)c(Br)c1O. The largest absolute Gasteiger partial charge is 0.503 e. The van der Waals surface area contributed by atoms with Gasteiger partial charge in [0, 0.05) is 4.47 Å². The van der Waals surface area contributed by atoms with Gasteiger partial charge in [0.25, 0.3) is 0 Å². The first-order valence-corrected chi connectivity index (χ1v) is 7.24. The van der Waals surface area contributed by atoms with Crippen molar-refractivity contribution in [2.75, 3.05) is 7.11 Å². The number of methoxy groups -OCH3 is 1. The van der Waals surface area contributed by atoms with E-state index in [4.69, 9.17) is 10.5 Å². The first kappa shape index (κ1) is 14.1. The molecule has 1 saturated carbocycles. The van der Waals surface area contributed by atoms with Crippen LogP contribution in [0.2, 0.25) is 0 Å². The molecule has 1 aliphatic carbocycles. The fourth-order valence-electron chi connectivity index (χ4n) is 1.92. The molecule has 0 unspecified atom stereocenters. The molecule has 0 aromatic heterocycles. The zero-order chi connectivity index (χ0) is 13.4. The lowest BCUT2D eigenvalue weighted by molar-refractivity contribution is 0.122. The van der Waals surface area contributed by atoms with Crippen LogP contribution >= 0.6 is 31.9 Å². The molecule has 0 saturated heterocycles. The highest BCUT2D eigenvalue weighted by Crippen LogP contribution is 2.45. The number of aromatic hydroxyl groups is 1. The maximum Gasteiger partial charge on any atom is 0.173 e. The molecule has 0 aliphatic heterocycles. The maximum atomic E-state index is 10.1. The Morgan fingerprint density at radius 2 is 2.00 bits per heavy atom. The highest BCUT2D eigenvalue weighted by atomic mass is 79.9. The molecular weight excluding hydrogens is 366 g/mol. The second kappa shape index (κ2) is 5.36. The molecule has 2 atom stereocenters. The number of halogens is 2. The van der Waals surface area contributed by atoms with E-state index in [0.29, 0.717) is 14.7 Å². The van der Waals surface area contributed by atoms with Crippen LogP contribution in [-0.4, -0.2) is 23.4 Å². The molecule has 1 aromatic carbocycles. The molecule has 100 valence electrons. The minimum atomic E-state index is -0.567. The first-order chi connectivity index (χ1) is 8.47. The third-order valence-electron chi connectivity index (χ3n) is 3.23. The predicted octanol–water partition coefficient (Wildman–Crippen LogP) is 2.70. The summed E-state index contributed by atoms with van der Waals surface area (Å²) in [5, 5.41) is 19.9. The third-order valence-corrected chi connectivity index (χ3v) is 5.38. The average Bonchev–Trinajstić information content (AvgIpc) is 3.19.